The highest BCUT2D eigenvalue weighted by Gasteiger charge is 2.40. The summed E-state index contributed by atoms with van der Waals surface area (Å²) >= 11 is 5.10. The maximum Gasteiger partial charge on any atom is 0.234 e. The molecule has 0 saturated carbocycles. The van der Waals surface area contributed by atoms with E-state index in [2.05, 4.69) is 38.2 Å². The largest absolute Gasteiger partial charge is 0.339 e. The maximum atomic E-state index is 6.20. The van der Waals surface area contributed by atoms with Crippen LogP contribution in [-0.4, -0.2) is 15.7 Å². The van der Waals surface area contributed by atoms with Gasteiger partial charge in [0.2, 0.25) is 5.89 Å². The molecular weight excluding hydrogens is 350 g/mol. The first-order valence-electron chi connectivity index (χ1n) is 6.70. The standard InChI is InChI=1S/C15H20BrN3OS/c1-14(2,15(3,4)17)13-18-12(19-20-13)9-21-11-7-5-10(16)6-8-11/h5-8H,9,17H2,1-4H3. The molecule has 0 saturated heterocycles. The minimum absolute atomic E-state index is 0.374. The van der Waals surface area contributed by atoms with Crippen LogP contribution >= 0.6 is 27.7 Å². The van der Waals surface area contributed by atoms with Gasteiger partial charge in [0.25, 0.3) is 0 Å². The molecule has 0 radical (unpaired) electrons. The number of nitrogens with two attached hydrogens (primary N) is 1. The zero-order valence-electron chi connectivity index (χ0n) is 12.7. The molecular formula is C15H20BrN3OS. The van der Waals surface area contributed by atoms with E-state index in [0.29, 0.717) is 17.5 Å². The smallest absolute Gasteiger partial charge is 0.234 e. The van der Waals surface area contributed by atoms with Crippen molar-refractivity contribution in [3.05, 3.63) is 40.5 Å². The van der Waals surface area contributed by atoms with Gasteiger partial charge in [-0.25, -0.2) is 0 Å². The van der Waals surface area contributed by atoms with Gasteiger partial charge >= 0.3 is 0 Å². The van der Waals surface area contributed by atoms with Gasteiger partial charge in [-0.1, -0.05) is 21.1 Å². The number of thioether (sulfide) groups is 1. The lowest BCUT2D eigenvalue weighted by Crippen LogP contribution is -2.50. The van der Waals surface area contributed by atoms with Gasteiger partial charge in [0.15, 0.2) is 5.82 Å². The van der Waals surface area contributed by atoms with E-state index in [9.17, 15) is 0 Å². The molecule has 0 amide bonds. The van der Waals surface area contributed by atoms with Crippen molar-refractivity contribution in [2.24, 2.45) is 5.73 Å². The monoisotopic (exact) mass is 369 g/mol. The number of aromatic nitrogens is 2. The van der Waals surface area contributed by atoms with Crippen molar-refractivity contribution < 1.29 is 4.52 Å². The second-order valence-electron chi connectivity index (χ2n) is 6.11. The van der Waals surface area contributed by atoms with E-state index in [1.165, 1.54) is 4.90 Å². The molecule has 21 heavy (non-hydrogen) atoms. The molecule has 114 valence electrons. The molecule has 0 spiro atoms. The summed E-state index contributed by atoms with van der Waals surface area (Å²) in [5.74, 6) is 1.95. The highest BCUT2D eigenvalue weighted by Crippen LogP contribution is 2.32. The van der Waals surface area contributed by atoms with Crippen LogP contribution in [-0.2, 0) is 11.2 Å². The Hall–Kier alpha value is -0.850. The highest BCUT2D eigenvalue weighted by molar-refractivity contribution is 9.10. The Bertz CT molecular complexity index is 602. The van der Waals surface area contributed by atoms with Gasteiger partial charge in [0, 0.05) is 14.9 Å². The van der Waals surface area contributed by atoms with Crippen molar-refractivity contribution in [3.8, 4) is 0 Å². The molecule has 0 unspecified atom stereocenters. The van der Waals surface area contributed by atoms with Gasteiger partial charge in [-0.15, -0.1) is 11.8 Å². The Morgan fingerprint density at radius 2 is 1.81 bits per heavy atom. The van der Waals surface area contributed by atoms with E-state index < -0.39 is 5.54 Å². The first-order chi connectivity index (χ1) is 9.70. The fourth-order valence-corrected chi connectivity index (χ4v) is 2.53. The molecule has 2 aromatic rings. The number of benzene rings is 1. The SMILES string of the molecule is CC(C)(N)C(C)(C)c1nc(CSc2ccc(Br)cc2)no1. The summed E-state index contributed by atoms with van der Waals surface area (Å²) in [6, 6.07) is 8.15. The molecule has 1 heterocycles. The molecule has 0 aliphatic heterocycles. The van der Waals surface area contributed by atoms with Crippen molar-refractivity contribution >= 4 is 27.7 Å². The summed E-state index contributed by atoms with van der Waals surface area (Å²) < 4.78 is 6.47. The van der Waals surface area contributed by atoms with Crippen molar-refractivity contribution in [3.63, 3.8) is 0 Å². The van der Waals surface area contributed by atoms with Crippen LogP contribution in [0.2, 0.25) is 0 Å². The van der Waals surface area contributed by atoms with Crippen LogP contribution in [0.5, 0.6) is 0 Å². The summed E-state index contributed by atoms with van der Waals surface area (Å²) in [5.41, 5.74) is 5.39. The molecule has 0 aliphatic carbocycles. The van der Waals surface area contributed by atoms with Crippen LogP contribution in [0.25, 0.3) is 0 Å². The van der Waals surface area contributed by atoms with E-state index in [4.69, 9.17) is 10.3 Å². The third-order valence-corrected chi connectivity index (χ3v) is 5.33. The predicted octanol–water partition coefficient (Wildman–Crippen LogP) is 4.14. The second-order valence-corrected chi connectivity index (χ2v) is 8.07. The first kappa shape index (κ1) is 16.5. The molecule has 0 bridgehead atoms. The maximum absolute atomic E-state index is 6.20. The number of hydrogen-bond acceptors (Lipinski definition) is 5. The van der Waals surface area contributed by atoms with Crippen LogP contribution in [0.4, 0.5) is 0 Å². The molecule has 6 heteroatoms. The minimum atomic E-state index is -0.435. The van der Waals surface area contributed by atoms with Crippen LogP contribution < -0.4 is 5.73 Å². The molecule has 0 atom stereocenters. The summed E-state index contributed by atoms with van der Waals surface area (Å²) in [4.78, 5) is 5.66. The molecule has 2 N–H and O–H groups in total. The number of halogens is 1. The second kappa shape index (κ2) is 6.10. The summed E-state index contributed by atoms with van der Waals surface area (Å²) in [6.07, 6.45) is 0. The fourth-order valence-electron chi connectivity index (χ4n) is 1.52. The summed E-state index contributed by atoms with van der Waals surface area (Å²) in [5, 5.41) is 4.06. The van der Waals surface area contributed by atoms with Gasteiger partial charge in [-0.2, -0.15) is 4.98 Å². The zero-order chi connectivity index (χ0) is 15.7. The van der Waals surface area contributed by atoms with Gasteiger partial charge in [-0.3, -0.25) is 0 Å². The molecule has 0 fully saturated rings. The van der Waals surface area contributed by atoms with Crippen molar-refractivity contribution in [2.75, 3.05) is 0 Å². The lowest BCUT2D eigenvalue weighted by Gasteiger charge is -2.34. The molecule has 2 rings (SSSR count). The Balaban J connectivity index is 2.05. The normalized spacial score (nSPS) is 12.7. The van der Waals surface area contributed by atoms with Crippen LogP contribution in [0, 0.1) is 0 Å². The van der Waals surface area contributed by atoms with Crippen molar-refractivity contribution in [1.29, 1.82) is 0 Å². The molecule has 1 aromatic heterocycles. The van der Waals surface area contributed by atoms with E-state index in [1.54, 1.807) is 11.8 Å². The fraction of sp³-hybridized carbons (Fsp3) is 0.467. The van der Waals surface area contributed by atoms with Gasteiger partial charge in [0.1, 0.15) is 0 Å². The van der Waals surface area contributed by atoms with Crippen molar-refractivity contribution in [1.82, 2.24) is 10.1 Å². The van der Waals surface area contributed by atoms with E-state index in [1.807, 2.05) is 39.8 Å². The lowest BCUT2D eigenvalue weighted by atomic mass is 9.75. The van der Waals surface area contributed by atoms with E-state index >= 15 is 0 Å². The number of rotatable bonds is 5. The van der Waals surface area contributed by atoms with Gasteiger partial charge in [0.05, 0.1) is 11.2 Å². The Morgan fingerprint density at radius 1 is 1.19 bits per heavy atom. The van der Waals surface area contributed by atoms with Crippen LogP contribution in [0.3, 0.4) is 0 Å². The number of nitrogens with zero attached hydrogens (tertiary/aromatic N) is 2. The average molecular weight is 370 g/mol. The van der Waals surface area contributed by atoms with Crippen LogP contribution in [0.1, 0.15) is 39.4 Å². The Morgan fingerprint density at radius 3 is 2.38 bits per heavy atom. The van der Waals surface area contributed by atoms with E-state index in [0.717, 1.165) is 4.47 Å². The lowest BCUT2D eigenvalue weighted by molar-refractivity contribution is 0.222. The zero-order valence-corrected chi connectivity index (χ0v) is 15.1. The molecule has 0 aliphatic rings. The summed E-state index contributed by atoms with van der Waals surface area (Å²) in [7, 11) is 0. The highest BCUT2D eigenvalue weighted by atomic mass is 79.9. The third kappa shape index (κ3) is 3.87. The quantitative estimate of drug-likeness (QED) is 0.802. The van der Waals surface area contributed by atoms with Gasteiger partial charge in [-0.05, 0) is 52.0 Å². The minimum Gasteiger partial charge on any atom is -0.339 e. The molecule has 4 nitrogen and oxygen atoms in total. The van der Waals surface area contributed by atoms with E-state index in [-0.39, 0.29) is 5.41 Å². The molecule has 1 aromatic carbocycles. The van der Waals surface area contributed by atoms with Crippen molar-refractivity contribution in [2.45, 2.75) is 49.3 Å². The van der Waals surface area contributed by atoms with Gasteiger partial charge < -0.3 is 10.3 Å². The predicted molar refractivity (Wildman–Crippen MR) is 89.3 cm³/mol. The Kier molecular flexibility index (Phi) is 4.80. The number of hydrogen-bond donors (Lipinski definition) is 1. The first-order valence-corrected chi connectivity index (χ1v) is 8.48. The van der Waals surface area contributed by atoms with Crippen LogP contribution in [0.15, 0.2) is 38.2 Å². The Labute approximate surface area is 138 Å². The summed E-state index contributed by atoms with van der Waals surface area (Å²) in [6.45, 7) is 7.97. The average Bonchev–Trinajstić information content (AvgIpc) is 2.86. The third-order valence-electron chi connectivity index (χ3n) is 3.80. The topological polar surface area (TPSA) is 64.9 Å².